The molecular formula is C18H21N3O5S. The first-order chi connectivity index (χ1) is 12.5. The summed E-state index contributed by atoms with van der Waals surface area (Å²) in [4.78, 5) is 26.8. The van der Waals surface area contributed by atoms with E-state index in [0.29, 0.717) is 18.7 Å². The lowest BCUT2D eigenvalue weighted by molar-refractivity contribution is -0.384. The predicted molar refractivity (Wildman–Crippen MR) is 100.0 cm³/mol. The predicted octanol–water partition coefficient (Wildman–Crippen LogP) is 2.70. The number of hydrogen-bond donors (Lipinski definition) is 0. The number of hydrogen-bond acceptors (Lipinski definition) is 6. The Bertz CT molecular complexity index is 965. The van der Waals surface area contributed by atoms with Crippen molar-refractivity contribution in [1.82, 2.24) is 4.31 Å². The average molecular weight is 391 g/mol. The fourth-order valence-electron chi connectivity index (χ4n) is 3.59. The van der Waals surface area contributed by atoms with Crippen molar-refractivity contribution < 1.29 is 18.1 Å². The molecule has 1 aromatic carbocycles. The van der Waals surface area contributed by atoms with E-state index in [0.717, 1.165) is 5.57 Å². The monoisotopic (exact) mass is 391 g/mol. The molecule has 1 aliphatic heterocycles. The Labute approximate surface area is 157 Å². The third-order valence-corrected chi connectivity index (χ3v) is 7.18. The molecule has 2 aliphatic rings. The maximum Gasteiger partial charge on any atom is 0.269 e. The zero-order valence-corrected chi connectivity index (χ0v) is 16.2. The van der Waals surface area contributed by atoms with Crippen LogP contribution in [0.2, 0.25) is 0 Å². The molecule has 0 spiro atoms. The Morgan fingerprint density at radius 2 is 1.89 bits per heavy atom. The van der Waals surface area contributed by atoms with Gasteiger partial charge < -0.3 is 0 Å². The molecule has 0 bridgehead atoms. The lowest BCUT2D eigenvalue weighted by Crippen LogP contribution is -2.43. The number of nitrogens with zero attached hydrogens (tertiary/aromatic N) is 3. The van der Waals surface area contributed by atoms with Crippen LogP contribution in [0.25, 0.3) is 0 Å². The van der Waals surface area contributed by atoms with Gasteiger partial charge in [0.05, 0.1) is 21.9 Å². The Morgan fingerprint density at radius 3 is 2.44 bits per heavy atom. The first kappa shape index (κ1) is 19.2. The Hall–Kier alpha value is -2.55. The third-order valence-electron chi connectivity index (χ3n) is 5.34. The second kappa shape index (κ2) is 6.56. The number of nitro groups is 1. The van der Waals surface area contributed by atoms with Crippen LogP contribution in [0, 0.1) is 16.0 Å². The summed E-state index contributed by atoms with van der Waals surface area (Å²) in [7, 11) is -3.88. The molecule has 1 aliphatic carbocycles. The van der Waals surface area contributed by atoms with Crippen molar-refractivity contribution in [2.24, 2.45) is 10.9 Å². The molecular weight excluding hydrogens is 370 g/mol. The largest absolute Gasteiger partial charge is 0.295 e. The summed E-state index contributed by atoms with van der Waals surface area (Å²) in [5, 5.41) is 10.8. The smallest absolute Gasteiger partial charge is 0.269 e. The van der Waals surface area contributed by atoms with Gasteiger partial charge in [-0.3, -0.25) is 24.2 Å². The summed E-state index contributed by atoms with van der Waals surface area (Å²) >= 11 is 0. The summed E-state index contributed by atoms with van der Waals surface area (Å²) in [6.45, 7) is 5.42. The molecule has 0 saturated heterocycles. The van der Waals surface area contributed by atoms with Crippen LogP contribution in [0.3, 0.4) is 0 Å². The molecule has 0 amide bonds. The van der Waals surface area contributed by atoms with Crippen LogP contribution in [-0.4, -0.2) is 41.3 Å². The molecule has 1 heterocycles. The average Bonchev–Trinajstić information content (AvgIpc) is 2.94. The Kier molecular flexibility index (Phi) is 4.67. The molecule has 27 heavy (non-hydrogen) atoms. The molecule has 0 fully saturated rings. The maximum absolute atomic E-state index is 13.0. The Balaban J connectivity index is 1.87. The van der Waals surface area contributed by atoms with E-state index >= 15 is 0 Å². The van der Waals surface area contributed by atoms with Crippen LogP contribution in [-0.2, 0) is 14.8 Å². The minimum Gasteiger partial charge on any atom is -0.295 e. The van der Waals surface area contributed by atoms with Gasteiger partial charge in [-0.25, -0.2) is 8.42 Å². The number of non-ortho nitro benzene ring substituents is 1. The fourth-order valence-corrected chi connectivity index (χ4v) is 5.14. The number of rotatable bonds is 4. The SMILES string of the molecule is CC1=CCC(C2(C)CN(S(=O)(=O)c3ccc([N+](=O)[O-])cc3)C(C)=N2)CC1=O. The molecule has 0 aromatic heterocycles. The van der Waals surface area contributed by atoms with Crippen LogP contribution in [0.15, 0.2) is 45.8 Å². The van der Waals surface area contributed by atoms with E-state index in [1.807, 2.05) is 13.0 Å². The first-order valence-corrected chi connectivity index (χ1v) is 10.0. The highest BCUT2D eigenvalue weighted by molar-refractivity contribution is 7.89. The second-order valence-electron chi connectivity index (χ2n) is 7.23. The third kappa shape index (κ3) is 3.39. The maximum atomic E-state index is 13.0. The summed E-state index contributed by atoms with van der Waals surface area (Å²) < 4.78 is 27.2. The van der Waals surface area contributed by atoms with Crippen LogP contribution < -0.4 is 0 Å². The zero-order chi connectivity index (χ0) is 20.0. The van der Waals surface area contributed by atoms with Gasteiger partial charge in [-0.05, 0) is 50.8 Å². The van der Waals surface area contributed by atoms with Gasteiger partial charge in [0, 0.05) is 18.6 Å². The van der Waals surface area contributed by atoms with Gasteiger partial charge in [-0.1, -0.05) is 6.08 Å². The van der Waals surface area contributed by atoms with Crippen LogP contribution in [0.1, 0.15) is 33.6 Å². The van der Waals surface area contributed by atoms with Crippen LogP contribution in [0.5, 0.6) is 0 Å². The minimum atomic E-state index is -3.88. The molecule has 3 rings (SSSR count). The minimum absolute atomic E-state index is 0.0256. The summed E-state index contributed by atoms with van der Waals surface area (Å²) in [6, 6.07) is 4.79. The lowest BCUT2D eigenvalue weighted by Gasteiger charge is -2.33. The van der Waals surface area contributed by atoms with Crippen molar-refractivity contribution in [1.29, 1.82) is 0 Å². The van der Waals surface area contributed by atoms with E-state index in [9.17, 15) is 23.3 Å². The number of Topliss-reactive ketones (excluding diaryl/α,β-unsaturated/α-hetero) is 1. The molecule has 2 unspecified atom stereocenters. The van der Waals surface area contributed by atoms with E-state index in [1.165, 1.54) is 28.6 Å². The molecule has 9 heteroatoms. The lowest BCUT2D eigenvalue weighted by atomic mass is 9.76. The fraction of sp³-hybridized carbons (Fsp3) is 0.444. The Morgan fingerprint density at radius 1 is 1.26 bits per heavy atom. The molecule has 144 valence electrons. The van der Waals surface area contributed by atoms with Crippen molar-refractivity contribution >= 4 is 27.3 Å². The highest BCUT2D eigenvalue weighted by Crippen LogP contribution is 2.38. The van der Waals surface area contributed by atoms with Gasteiger partial charge in [-0.15, -0.1) is 0 Å². The summed E-state index contributed by atoms with van der Waals surface area (Å²) in [5.41, 5.74) is -0.123. The number of sulfonamides is 1. The number of carbonyl (C=O) groups excluding carboxylic acids is 1. The van der Waals surface area contributed by atoms with Crippen molar-refractivity contribution in [2.45, 2.75) is 44.0 Å². The van der Waals surface area contributed by atoms with Crippen molar-refractivity contribution in [3.63, 3.8) is 0 Å². The highest BCUT2D eigenvalue weighted by atomic mass is 32.2. The van der Waals surface area contributed by atoms with Crippen molar-refractivity contribution in [2.75, 3.05) is 6.54 Å². The molecule has 1 aromatic rings. The van der Waals surface area contributed by atoms with Gasteiger partial charge in [0.2, 0.25) is 0 Å². The van der Waals surface area contributed by atoms with Gasteiger partial charge in [-0.2, -0.15) is 0 Å². The highest BCUT2D eigenvalue weighted by Gasteiger charge is 2.45. The molecule has 8 nitrogen and oxygen atoms in total. The number of amidine groups is 1. The molecule has 0 radical (unpaired) electrons. The first-order valence-electron chi connectivity index (χ1n) is 8.58. The summed E-state index contributed by atoms with van der Waals surface area (Å²) in [5.74, 6) is 0.354. The standard InChI is InChI=1S/C18H21N3O5S/c1-12-4-5-14(10-17(12)22)18(3)11-20(13(2)19-18)27(25,26)16-8-6-15(7-9-16)21(23)24/h4,6-9,14H,5,10-11H2,1-3H3. The normalized spacial score (nSPS) is 26.0. The van der Waals surface area contributed by atoms with Gasteiger partial charge >= 0.3 is 0 Å². The molecule has 2 atom stereocenters. The summed E-state index contributed by atoms with van der Waals surface area (Å²) in [6.07, 6.45) is 2.91. The van der Waals surface area contributed by atoms with Crippen molar-refractivity contribution in [3.05, 3.63) is 46.0 Å². The van der Waals surface area contributed by atoms with E-state index in [-0.39, 0.29) is 28.8 Å². The van der Waals surface area contributed by atoms with Gasteiger partial charge in [0.25, 0.3) is 15.7 Å². The topological polar surface area (TPSA) is 110 Å². The van der Waals surface area contributed by atoms with Gasteiger partial charge in [0.15, 0.2) is 5.78 Å². The van der Waals surface area contributed by atoms with E-state index in [1.54, 1.807) is 13.8 Å². The second-order valence-corrected chi connectivity index (χ2v) is 9.09. The number of allylic oxidation sites excluding steroid dienone is 2. The van der Waals surface area contributed by atoms with E-state index in [2.05, 4.69) is 4.99 Å². The number of aliphatic imine (C=N–C) groups is 1. The quantitative estimate of drug-likeness (QED) is 0.579. The van der Waals surface area contributed by atoms with Crippen LogP contribution in [0.4, 0.5) is 5.69 Å². The number of nitro benzene ring substituents is 1. The van der Waals surface area contributed by atoms with Crippen LogP contribution >= 0.6 is 0 Å². The van der Waals surface area contributed by atoms with Gasteiger partial charge in [0.1, 0.15) is 5.84 Å². The van der Waals surface area contributed by atoms with E-state index in [4.69, 9.17) is 0 Å². The zero-order valence-electron chi connectivity index (χ0n) is 15.4. The number of benzene rings is 1. The molecule has 0 N–H and O–H groups in total. The van der Waals surface area contributed by atoms with E-state index < -0.39 is 20.5 Å². The van der Waals surface area contributed by atoms with Crippen molar-refractivity contribution in [3.8, 4) is 0 Å². The number of ketones is 1. The molecule has 0 saturated carbocycles. The number of carbonyl (C=O) groups is 1.